The lowest BCUT2D eigenvalue weighted by molar-refractivity contribution is 0.0988. The molecule has 0 spiro atoms. The first-order chi connectivity index (χ1) is 12.8. The maximum Gasteiger partial charge on any atom is 0.286 e. The molecule has 0 saturated carbocycles. The van der Waals surface area contributed by atoms with Crippen LogP contribution >= 0.6 is 53.1 Å². The van der Waals surface area contributed by atoms with Crippen molar-refractivity contribution in [3.8, 4) is 11.5 Å². The topological polar surface area (TPSA) is 63.7 Å². The third-order valence-electron chi connectivity index (χ3n) is 3.64. The number of pyridine rings is 1. The summed E-state index contributed by atoms with van der Waals surface area (Å²) in [7, 11) is 12.6. The maximum absolute atomic E-state index is 13.1. The zero-order valence-corrected chi connectivity index (χ0v) is 19.9. The van der Waals surface area contributed by atoms with Gasteiger partial charge in [-0.1, -0.05) is 18.5 Å². The number of carbonyl (C=O) groups excluding carboxylic acids is 1. The van der Waals surface area contributed by atoms with E-state index in [0.717, 1.165) is 16.3 Å². The molecular formula is C16H17BIN3O3P2S. The minimum atomic E-state index is -0.907. The molecule has 0 fully saturated rings. The average Bonchev–Trinajstić information content (AvgIpc) is 2.92. The van der Waals surface area contributed by atoms with Gasteiger partial charge in [-0.15, -0.1) is 11.8 Å². The van der Waals surface area contributed by atoms with E-state index in [1.165, 1.54) is 21.1 Å². The summed E-state index contributed by atoms with van der Waals surface area (Å²) >= 11 is 3.50. The van der Waals surface area contributed by atoms with Crippen molar-refractivity contribution in [1.29, 1.82) is 0 Å². The summed E-state index contributed by atoms with van der Waals surface area (Å²) in [6.07, 6.45) is 1.49. The quantitative estimate of drug-likeness (QED) is 0.211. The minimum Gasteiger partial charge on any atom is -0.443 e. The SMILES string of the molecule is [B]c1cnc(C(=O)N(I)c2cc3c(cc2NC)OC(P)(P)O3)c(SCC)c1. The van der Waals surface area contributed by atoms with Gasteiger partial charge in [0.25, 0.3) is 11.2 Å². The van der Waals surface area contributed by atoms with Crippen LogP contribution in [0.3, 0.4) is 0 Å². The Morgan fingerprint density at radius 1 is 1.37 bits per heavy atom. The van der Waals surface area contributed by atoms with Crippen molar-refractivity contribution in [3.05, 3.63) is 30.1 Å². The molecule has 27 heavy (non-hydrogen) atoms. The van der Waals surface area contributed by atoms with Crippen LogP contribution in [-0.2, 0) is 0 Å². The summed E-state index contributed by atoms with van der Waals surface area (Å²) in [6, 6.07) is 5.34. The number of fused-ring (bicyclic) bond motifs is 1. The third-order valence-corrected chi connectivity index (χ3v) is 5.98. The smallest absolute Gasteiger partial charge is 0.286 e. The number of carbonyl (C=O) groups is 1. The molecule has 1 aromatic heterocycles. The predicted octanol–water partition coefficient (Wildman–Crippen LogP) is 3.16. The van der Waals surface area contributed by atoms with Crippen molar-refractivity contribution in [1.82, 2.24) is 4.98 Å². The Labute approximate surface area is 182 Å². The Balaban J connectivity index is 1.99. The van der Waals surface area contributed by atoms with E-state index in [9.17, 15) is 4.79 Å². The third kappa shape index (κ3) is 4.47. The van der Waals surface area contributed by atoms with Gasteiger partial charge in [0.2, 0.25) is 0 Å². The molecule has 1 aliphatic rings. The number of aromatic nitrogens is 1. The molecule has 2 aromatic rings. The van der Waals surface area contributed by atoms with Gasteiger partial charge >= 0.3 is 0 Å². The Morgan fingerprint density at radius 2 is 2.04 bits per heavy atom. The van der Waals surface area contributed by atoms with E-state index in [0.29, 0.717) is 28.3 Å². The van der Waals surface area contributed by atoms with Gasteiger partial charge in [0.15, 0.2) is 11.5 Å². The fourth-order valence-electron chi connectivity index (χ4n) is 2.52. The number of nitrogens with one attached hydrogen (secondary N) is 1. The molecule has 11 heteroatoms. The van der Waals surface area contributed by atoms with E-state index >= 15 is 0 Å². The molecule has 2 unspecified atom stereocenters. The number of hydrogen-bond acceptors (Lipinski definition) is 6. The normalized spacial score (nSPS) is 14.1. The van der Waals surface area contributed by atoms with E-state index in [1.54, 1.807) is 25.2 Å². The van der Waals surface area contributed by atoms with Gasteiger partial charge < -0.3 is 14.8 Å². The first-order valence-corrected chi connectivity index (χ1v) is 11.1. The van der Waals surface area contributed by atoms with E-state index in [2.05, 4.69) is 28.8 Å². The van der Waals surface area contributed by atoms with Gasteiger partial charge in [-0.25, -0.2) is 3.11 Å². The summed E-state index contributed by atoms with van der Waals surface area (Å²) in [5, 5.41) is 2.19. The number of nitrogens with zero attached hydrogens (tertiary/aromatic N) is 2. The first kappa shape index (κ1) is 21.0. The second-order valence-corrected chi connectivity index (χ2v) is 10.2. The zero-order valence-electron chi connectivity index (χ0n) is 14.7. The Hall–Kier alpha value is -0.755. The monoisotopic (exact) mass is 531 g/mol. The second-order valence-electron chi connectivity index (χ2n) is 5.63. The fourth-order valence-corrected chi connectivity index (χ4v) is 4.47. The number of thioether (sulfide) groups is 1. The predicted molar refractivity (Wildman–Crippen MR) is 126 cm³/mol. The largest absolute Gasteiger partial charge is 0.443 e. The standard InChI is InChI=1S/C16H17BIN3O3P2S/c1-3-27-13-4-8(17)7-20-14(13)15(22)21(18)10-6-12-11(5-9(10)19-2)23-16(25,26)24-12/h4-7,19H,3,25-26H2,1-2H3. The molecule has 3 rings (SSSR count). The number of hydrogen-bond donors (Lipinski definition) is 1. The van der Waals surface area contributed by atoms with Crippen LogP contribution in [0.2, 0.25) is 0 Å². The Kier molecular flexibility index (Phi) is 6.46. The number of amides is 1. The summed E-state index contributed by atoms with van der Waals surface area (Å²) in [6.45, 7) is 2.01. The van der Waals surface area contributed by atoms with Crippen molar-refractivity contribution >= 4 is 83.7 Å². The molecular weight excluding hydrogens is 514 g/mol. The highest BCUT2D eigenvalue weighted by Gasteiger charge is 2.34. The van der Waals surface area contributed by atoms with E-state index < -0.39 is 5.27 Å². The van der Waals surface area contributed by atoms with Crippen LogP contribution < -0.4 is 23.4 Å². The van der Waals surface area contributed by atoms with E-state index in [1.807, 2.05) is 29.8 Å². The minimum absolute atomic E-state index is 0.245. The number of benzene rings is 1. The van der Waals surface area contributed by atoms with E-state index in [4.69, 9.17) is 17.3 Å². The molecule has 6 nitrogen and oxygen atoms in total. The van der Waals surface area contributed by atoms with Crippen molar-refractivity contribution in [3.63, 3.8) is 0 Å². The molecule has 1 N–H and O–H groups in total. The molecule has 1 aliphatic heterocycles. The second kappa shape index (κ2) is 8.32. The summed E-state index contributed by atoms with van der Waals surface area (Å²) < 4.78 is 13.0. The molecule has 0 aliphatic carbocycles. The molecule has 2 radical (unpaired) electrons. The van der Waals surface area contributed by atoms with Crippen LogP contribution in [0.25, 0.3) is 0 Å². The van der Waals surface area contributed by atoms with Gasteiger partial charge in [0.05, 0.1) is 34.2 Å². The molecule has 2 heterocycles. The lowest BCUT2D eigenvalue weighted by Gasteiger charge is -2.20. The Morgan fingerprint density at radius 3 is 2.67 bits per heavy atom. The highest BCUT2D eigenvalue weighted by atomic mass is 127. The number of anilines is 2. The Bertz CT molecular complexity index is 903. The van der Waals surface area contributed by atoms with Crippen molar-refractivity contribution < 1.29 is 14.3 Å². The van der Waals surface area contributed by atoms with Crippen molar-refractivity contribution in [2.75, 3.05) is 21.2 Å². The van der Waals surface area contributed by atoms with Crippen LogP contribution in [0.15, 0.2) is 29.3 Å². The number of rotatable bonds is 5. The molecule has 140 valence electrons. The summed E-state index contributed by atoms with van der Waals surface area (Å²) in [5.74, 6) is 1.71. The number of ether oxygens (including phenoxy) is 2. The average molecular weight is 531 g/mol. The van der Waals surface area contributed by atoms with Crippen LogP contribution in [0.5, 0.6) is 11.5 Å². The van der Waals surface area contributed by atoms with Gasteiger partial charge in [-0.2, -0.15) is 0 Å². The van der Waals surface area contributed by atoms with Crippen molar-refractivity contribution in [2.45, 2.75) is 17.1 Å². The summed E-state index contributed by atoms with van der Waals surface area (Å²) in [4.78, 5) is 18.2. The van der Waals surface area contributed by atoms with Gasteiger partial charge in [-0.05, 0) is 24.2 Å². The lowest BCUT2D eigenvalue weighted by Crippen LogP contribution is -2.24. The van der Waals surface area contributed by atoms with Crippen LogP contribution in [0, 0.1) is 0 Å². The maximum atomic E-state index is 13.1. The molecule has 2 atom stereocenters. The fraction of sp³-hybridized carbons (Fsp3) is 0.250. The molecule has 1 amide bonds. The highest BCUT2D eigenvalue weighted by molar-refractivity contribution is 14.1. The molecule has 0 saturated heterocycles. The summed E-state index contributed by atoms with van der Waals surface area (Å²) in [5.41, 5.74) is 2.26. The zero-order chi connectivity index (χ0) is 19.8. The van der Waals surface area contributed by atoms with Gasteiger partial charge in [0.1, 0.15) is 13.5 Å². The lowest BCUT2D eigenvalue weighted by atomic mass is 9.98. The van der Waals surface area contributed by atoms with E-state index in [-0.39, 0.29) is 5.91 Å². The molecule has 1 aromatic carbocycles. The molecule has 0 bridgehead atoms. The first-order valence-electron chi connectivity index (χ1n) is 7.96. The highest BCUT2D eigenvalue weighted by Crippen LogP contribution is 2.50. The van der Waals surface area contributed by atoms with Crippen LogP contribution in [0.1, 0.15) is 17.4 Å². The van der Waals surface area contributed by atoms with Crippen LogP contribution in [-0.4, -0.2) is 36.8 Å². The van der Waals surface area contributed by atoms with Gasteiger partial charge in [-0.3, -0.25) is 9.78 Å². The van der Waals surface area contributed by atoms with Gasteiger partial charge in [0, 0.05) is 30.3 Å². The van der Waals surface area contributed by atoms with Crippen LogP contribution in [0.4, 0.5) is 11.4 Å². The van der Waals surface area contributed by atoms with Crippen molar-refractivity contribution in [2.24, 2.45) is 0 Å². The number of halogens is 1.